The summed E-state index contributed by atoms with van der Waals surface area (Å²) in [6.45, 7) is 0. The Morgan fingerprint density at radius 1 is 1.15 bits per heavy atom. The summed E-state index contributed by atoms with van der Waals surface area (Å²) >= 11 is 17.6. The molecule has 3 nitrogen and oxygen atoms in total. The molecule has 20 heavy (non-hydrogen) atoms. The number of benzene rings is 2. The van der Waals surface area contributed by atoms with Crippen molar-refractivity contribution in [3.63, 3.8) is 0 Å². The van der Waals surface area contributed by atoms with Crippen LogP contribution in [0.5, 0.6) is 0 Å². The van der Waals surface area contributed by atoms with E-state index in [9.17, 15) is 0 Å². The van der Waals surface area contributed by atoms with Crippen LogP contribution in [0.4, 0.5) is 0 Å². The number of hydrogen-bond acceptors (Lipinski definition) is 2. The van der Waals surface area contributed by atoms with Crippen LogP contribution >= 0.6 is 35.4 Å². The molecule has 0 unspecified atom stereocenters. The molecule has 0 saturated carbocycles. The minimum Gasteiger partial charge on any atom is -0.330 e. The van der Waals surface area contributed by atoms with E-state index in [2.05, 4.69) is 11.1 Å². The number of fused-ring (bicyclic) bond motifs is 1. The van der Waals surface area contributed by atoms with E-state index >= 15 is 0 Å². The van der Waals surface area contributed by atoms with Gasteiger partial charge in [0.2, 0.25) is 0 Å². The molecule has 0 bridgehead atoms. The SMILES string of the molecule is N#Cc1ccc(Cl)c(-n2c(=S)[nH]c3ccc(Cl)cc32)c1. The highest BCUT2D eigenvalue weighted by atomic mass is 35.5. The number of nitriles is 1. The highest BCUT2D eigenvalue weighted by Crippen LogP contribution is 2.28. The molecule has 0 amide bonds. The molecule has 0 radical (unpaired) electrons. The summed E-state index contributed by atoms with van der Waals surface area (Å²) in [5.41, 5.74) is 2.85. The predicted molar refractivity (Wildman–Crippen MR) is 83.2 cm³/mol. The number of hydrogen-bond donors (Lipinski definition) is 1. The quantitative estimate of drug-likeness (QED) is 0.650. The van der Waals surface area contributed by atoms with Crippen molar-refractivity contribution >= 4 is 46.5 Å². The monoisotopic (exact) mass is 319 g/mol. The van der Waals surface area contributed by atoms with Crippen molar-refractivity contribution in [3.05, 3.63) is 56.8 Å². The van der Waals surface area contributed by atoms with Gasteiger partial charge in [-0.25, -0.2) is 0 Å². The highest BCUT2D eigenvalue weighted by molar-refractivity contribution is 7.71. The minimum atomic E-state index is 0.499. The van der Waals surface area contributed by atoms with Gasteiger partial charge in [0.05, 0.1) is 33.4 Å². The van der Waals surface area contributed by atoms with Crippen LogP contribution in [-0.4, -0.2) is 9.55 Å². The van der Waals surface area contributed by atoms with Gasteiger partial charge in [0.15, 0.2) is 4.77 Å². The van der Waals surface area contributed by atoms with Crippen LogP contribution in [-0.2, 0) is 0 Å². The third-order valence-electron chi connectivity index (χ3n) is 2.96. The van der Waals surface area contributed by atoms with Gasteiger partial charge in [-0.2, -0.15) is 5.26 Å². The topological polar surface area (TPSA) is 44.5 Å². The Kier molecular flexibility index (Phi) is 3.27. The van der Waals surface area contributed by atoms with Crippen molar-refractivity contribution in [3.8, 4) is 11.8 Å². The third-order valence-corrected chi connectivity index (χ3v) is 3.80. The van der Waals surface area contributed by atoms with Crippen molar-refractivity contribution < 1.29 is 0 Å². The second-order valence-corrected chi connectivity index (χ2v) is 5.44. The van der Waals surface area contributed by atoms with E-state index in [1.165, 1.54) is 0 Å². The number of imidazole rings is 1. The van der Waals surface area contributed by atoms with E-state index in [1.807, 2.05) is 6.07 Å². The maximum Gasteiger partial charge on any atom is 0.182 e. The first-order valence-electron chi connectivity index (χ1n) is 5.70. The molecule has 1 heterocycles. The zero-order valence-corrected chi connectivity index (χ0v) is 12.4. The molecule has 3 aromatic rings. The van der Waals surface area contributed by atoms with Crippen molar-refractivity contribution in [2.24, 2.45) is 0 Å². The molecule has 0 atom stereocenters. The number of rotatable bonds is 1. The van der Waals surface area contributed by atoms with E-state index in [0.29, 0.717) is 26.1 Å². The Morgan fingerprint density at radius 2 is 1.95 bits per heavy atom. The maximum absolute atomic E-state index is 9.02. The minimum absolute atomic E-state index is 0.499. The lowest BCUT2D eigenvalue weighted by Gasteiger charge is -2.07. The van der Waals surface area contributed by atoms with E-state index in [0.717, 1.165) is 11.0 Å². The van der Waals surface area contributed by atoms with Crippen molar-refractivity contribution in [2.45, 2.75) is 0 Å². The lowest BCUT2D eigenvalue weighted by atomic mass is 10.2. The molecular weight excluding hydrogens is 313 g/mol. The molecule has 3 rings (SSSR count). The van der Waals surface area contributed by atoms with Crippen molar-refractivity contribution in [2.75, 3.05) is 0 Å². The van der Waals surface area contributed by atoms with Gasteiger partial charge in [-0.15, -0.1) is 0 Å². The molecule has 0 aliphatic carbocycles. The van der Waals surface area contributed by atoms with Crippen LogP contribution in [0.2, 0.25) is 10.0 Å². The summed E-state index contributed by atoms with van der Waals surface area (Å²) in [4.78, 5) is 3.10. The molecule has 0 fully saturated rings. The average molecular weight is 320 g/mol. The largest absolute Gasteiger partial charge is 0.330 e. The van der Waals surface area contributed by atoms with Crippen LogP contribution in [0.25, 0.3) is 16.7 Å². The first-order chi connectivity index (χ1) is 9.60. The summed E-state index contributed by atoms with van der Waals surface area (Å²) < 4.78 is 2.28. The second-order valence-electron chi connectivity index (χ2n) is 4.21. The van der Waals surface area contributed by atoms with E-state index in [4.69, 9.17) is 40.7 Å². The average Bonchev–Trinajstić information content (AvgIpc) is 2.75. The summed E-state index contributed by atoms with van der Waals surface area (Å²) in [5, 5.41) is 10.1. The Labute approximate surface area is 130 Å². The van der Waals surface area contributed by atoms with Crippen molar-refractivity contribution in [1.82, 2.24) is 9.55 Å². The summed E-state index contributed by atoms with van der Waals surface area (Å²) in [5.74, 6) is 0. The number of H-pyrrole nitrogens is 1. The number of halogens is 2. The Balaban J connectivity index is 2.40. The summed E-state index contributed by atoms with van der Waals surface area (Å²) in [6, 6.07) is 12.6. The Bertz CT molecular complexity index is 918. The zero-order chi connectivity index (χ0) is 14.3. The first-order valence-corrected chi connectivity index (χ1v) is 6.87. The molecule has 1 aromatic heterocycles. The van der Waals surface area contributed by atoms with Gasteiger partial charge in [0.25, 0.3) is 0 Å². The van der Waals surface area contributed by atoms with Gasteiger partial charge in [-0.1, -0.05) is 23.2 Å². The molecule has 0 saturated heterocycles. The van der Waals surface area contributed by atoms with E-state index in [-0.39, 0.29) is 0 Å². The molecule has 98 valence electrons. The number of aromatic amines is 1. The fourth-order valence-electron chi connectivity index (χ4n) is 2.07. The summed E-state index contributed by atoms with van der Waals surface area (Å²) in [6.07, 6.45) is 0. The molecule has 0 aliphatic heterocycles. The molecule has 2 aromatic carbocycles. The van der Waals surface area contributed by atoms with Gasteiger partial charge in [0, 0.05) is 5.02 Å². The van der Waals surface area contributed by atoms with Crippen LogP contribution in [0, 0.1) is 16.1 Å². The molecule has 1 N–H and O–H groups in total. The van der Waals surface area contributed by atoms with E-state index < -0.39 is 0 Å². The van der Waals surface area contributed by atoms with Crippen LogP contribution in [0.3, 0.4) is 0 Å². The van der Waals surface area contributed by atoms with Gasteiger partial charge in [-0.3, -0.25) is 4.57 Å². The number of nitrogens with zero attached hydrogens (tertiary/aromatic N) is 2. The fourth-order valence-corrected chi connectivity index (χ4v) is 2.74. The third kappa shape index (κ3) is 2.10. The normalized spacial score (nSPS) is 10.7. The van der Waals surface area contributed by atoms with Gasteiger partial charge >= 0.3 is 0 Å². The first kappa shape index (κ1) is 13.2. The van der Waals surface area contributed by atoms with Crippen molar-refractivity contribution in [1.29, 1.82) is 5.26 Å². The summed E-state index contributed by atoms with van der Waals surface area (Å²) in [7, 11) is 0. The Morgan fingerprint density at radius 3 is 2.70 bits per heavy atom. The lowest BCUT2D eigenvalue weighted by Crippen LogP contribution is -1.96. The predicted octanol–water partition coefficient (Wildman–Crippen LogP) is 4.87. The lowest BCUT2D eigenvalue weighted by molar-refractivity contribution is 1.06. The zero-order valence-electron chi connectivity index (χ0n) is 10.0. The fraction of sp³-hybridized carbons (Fsp3) is 0. The van der Waals surface area contributed by atoms with Crippen LogP contribution in [0.15, 0.2) is 36.4 Å². The number of aromatic nitrogens is 2. The maximum atomic E-state index is 9.02. The number of nitrogens with one attached hydrogen (secondary N) is 1. The smallest absolute Gasteiger partial charge is 0.182 e. The van der Waals surface area contributed by atoms with Crippen LogP contribution in [0.1, 0.15) is 5.56 Å². The molecular formula is C14H7Cl2N3S. The standard InChI is InChI=1S/C14H7Cl2N3S/c15-9-2-4-11-13(6-9)19(14(20)18-11)12-5-8(7-17)1-3-10(12)16/h1-6H,(H,18,20). The Hall–Kier alpha value is -1.80. The molecule has 6 heteroatoms. The van der Waals surface area contributed by atoms with E-state index in [1.54, 1.807) is 34.9 Å². The van der Waals surface area contributed by atoms with Gasteiger partial charge in [-0.05, 0) is 48.6 Å². The molecule has 0 spiro atoms. The van der Waals surface area contributed by atoms with Gasteiger partial charge < -0.3 is 4.98 Å². The highest BCUT2D eigenvalue weighted by Gasteiger charge is 2.11. The van der Waals surface area contributed by atoms with Gasteiger partial charge in [0.1, 0.15) is 0 Å². The molecule has 0 aliphatic rings. The second kappa shape index (κ2) is 4.95. The van der Waals surface area contributed by atoms with Crippen LogP contribution < -0.4 is 0 Å².